The van der Waals surface area contributed by atoms with E-state index in [9.17, 15) is 4.79 Å². The summed E-state index contributed by atoms with van der Waals surface area (Å²) in [6.45, 7) is 0. The third-order valence-corrected chi connectivity index (χ3v) is 3.18. The Bertz CT molecular complexity index is 737. The molecule has 0 saturated heterocycles. The average Bonchev–Trinajstić information content (AvgIpc) is 2.91. The molecule has 0 atom stereocenters. The second-order valence-corrected chi connectivity index (χ2v) is 4.37. The second kappa shape index (κ2) is 3.84. The van der Waals surface area contributed by atoms with Crippen LogP contribution in [0.4, 0.5) is 0 Å². The average molecular weight is 239 g/mol. The second-order valence-electron chi connectivity index (χ2n) is 4.37. The zero-order chi connectivity index (χ0) is 12.7. The number of carbonyl (C=O) groups excluding carboxylic acids is 1. The van der Waals surface area contributed by atoms with Crippen LogP contribution in [-0.2, 0) is 14.1 Å². The maximum atomic E-state index is 11.1. The van der Waals surface area contributed by atoms with Crippen molar-refractivity contribution in [1.82, 2.24) is 14.3 Å². The Labute approximate surface area is 104 Å². The highest BCUT2D eigenvalue weighted by Crippen LogP contribution is 2.27. The predicted octanol–water partition coefficient (Wildman–Crippen LogP) is 2.39. The van der Waals surface area contributed by atoms with Crippen LogP contribution in [0, 0.1) is 0 Å². The molecule has 4 nitrogen and oxygen atoms in total. The van der Waals surface area contributed by atoms with Gasteiger partial charge in [0.15, 0.2) is 6.29 Å². The molecule has 0 unspecified atom stereocenters. The Morgan fingerprint density at radius 2 is 2.00 bits per heavy atom. The molecular formula is C14H13N3O. The van der Waals surface area contributed by atoms with Crippen LogP contribution in [0.2, 0.25) is 0 Å². The third kappa shape index (κ3) is 1.46. The molecule has 4 heteroatoms. The highest BCUT2D eigenvalue weighted by atomic mass is 16.1. The first kappa shape index (κ1) is 10.8. The molecule has 0 aliphatic carbocycles. The van der Waals surface area contributed by atoms with Crippen molar-refractivity contribution in [3.05, 3.63) is 42.1 Å². The third-order valence-electron chi connectivity index (χ3n) is 3.18. The SMILES string of the molecule is Cn1cc(C=O)c(-c2cc3ccccc3n2C)n1. The lowest BCUT2D eigenvalue weighted by atomic mass is 10.2. The van der Waals surface area contributed by atoms with Gasteiger partial charge in [-0.3, -0.25) is 9.48 Å². The first-order valence-corrected chi connectivity index (χ1v) is 5.74. The summed E-state index contributed by atoms with van der Waals surface area (Å²) in [5.74, 6) is 0. The number of hydrogen-bond donors (Lipinski definition) is 0. The highest BCUT2D eigenvalue weighted by molar-refractivity contribution is 5.91. The lowest BCUT2D eigenvalue weighted by Gasteiger charge is -2.01. The van der Waals surface area contributed by atoms with Crippen molar-refractivity contribution in [1.29, 1.82) is 0 Å². The van der Waals surface area contributed by atoms with E-state index in [1.807, 2.05) is 26.2 Å². The van der Waals surface area contributed by atoms with Crippen LogP contribution in [0.1, 0.15) is 10.4 Å². The van der Waals surface area contributed by atoms with Crippen molar-refractivity contribution < 1.29 is 4.79 Å². The number of aldehydes is 1. The van der Waals surface area contributed by atoms with Crippen LogP contribution in [-0.4, -0.2) is 20.6 Å². The van der Waals surface area contributed by atoms with Gasteiger partial charge in [-0.15, -0.1) is 0 Å². The van der Waals surface area contributed by atoms with Gasteiger partial charge in [-0.05, 0) is 12.1 Å². The normalized spacial score (nSPS) is 11.0. The molecule has 18 heavy (non-hydrogen) atoms. The van der Waals surface area contributed by atoms with Gasteiger partial charge in [0.25, 0.3) is 0 Å². The molecule has 0 aliphatic rings. The Balaban J connectivity index is 2.31. The maximum absolute atomic E-state index is 11.1. The van der Waals surface area contributed by atoms with Crippen molar-refractivity contribution in [2.45, 2.75) is 0 Å². The zero-order valence-electron chi connectivity index (χ0n) is 10.3. The van der Waals surface area contributed by atoms with Gasteiger partial charge in [-0.25, -0.2) is 0 Å². The van der Waals surface area contributed by atoms with E-state index >= 15 is 0 Å². The Morgan fingerprint density at radius 1 is 1.22 bits per heavy atom. The van der Waals surface area contributed by atoms with Gasteiger partial charge in [0.2, 0.25) is 0 Å². The molecule has 0 saturated carbocycles. The summed E-state index contributed by atoms with van der Waals surface area (Å²) in [5.41, 5.74) is 3.43. The number of para-hydroxylation sites is 1. The van der Waals surface area contributed by atoms with Crippen molar-refractivity contribution >= 4 is 17.2 Å². The lowest BCUT2D eigenvalue weighted by molar-refractivity contribution is 0.112. The lowest BCUT2D eigenvalue weighted by Crippen LogP contribution is -1.94. The van der Waals surface area contributed by atoms with Gasteiger partial charge in [0.05, 0.1) is 11.3 Å². The van der Waals surface area contributed by atoms with Crippen LogP contribution in [0.3, 0.4) is 0 Å². The van der Waals surface area contributed by atoms with Gasteiger partial charge in [-0.1, -0.05) is 18.2 Å². The van der Waals surface area contributed by atoms with Crippen molar-refractivity contribution in [3.8, 4) is 11.4 Å². The topological polar surface area (TPSA) is 39.8 Å². The van der Waals surface area contributed by atoms with E-state index in [0.29, 0.717) is 5.56 Å². The Kier molecular flexibility index (Phi) is 2.30. The minimum Gasteiger partial charge on any atom is -0.342 e. The first-order chi connectivity index (χ1) is 8.70. The summed E-state index contributed by atoms with van der Waals surface area (Å²) in [7, 11) is 3.81. The molecule has 0 bridgehead atoms. The number of hydrogen-bond acceptors (Lipinski definition) is 2. The van der Waals surface area contributed by atoms with Gasteiger partial charge in [-0.2, -0.15) is 5.10 Å². The van der Waals surface area contributed by atoms with E-state index in [1.165, 1.54) is 0 Å². The fraction of sp³-hybridized carbons (Fsp3) is 0.143. The standard InChI is InChI=1S/C14H13N3O/c1-16-8-11(9-18)14(15-16)13-7-10-5-3-4-6-12(10)17(13)2/h3-9H,1-2H3. The largest absolute Gasteiger partial charge is 0.342 e. The van der Waals surface area contributed by atoms with E-state index in [1.54, 1.807) is 10.9 Å². The number of carbonyl (C=O) groups is 1. The molecule has 1 aromatic carbocycles. The van der Waals surface area contributed by atoms with Gasteiger partial charge in [0.1, 0.15) is 5.69 Å². The van der Waals surface area contributed by atoms with Gasteiger partial charge >= 0.3 is 0 Å². The summed E-state index contributed by atoms with van der Waals surface area (Å²) in [4.78, 5) is 11.1. The molecule has 0 N–H and O–H groups in total. The molecular weight excluding hydrogens is 226 g/mol. The molecule has 0 amide bonds. The van der Waals surface area contributed by atoms with Crippen LogP contribution >= 0.6 is 0 Å². The molecule has 0 radical (unpaired) electrons. The molecule has 0 fully saturated rings. The van der Waals surface area contributed by atoms with E-state index < -0.39 is 0 Å². The summed E-state index contributed by atoms with van der Waals surface area (Å²) in [6.07, 6.45) is 2.58. The number of rotatable bonds is 2. The number of aromatic nitrogens is 3. The maximum Gasteiger partial charge on any atom is 0.153 e. The predicted molar refractivity (Wildman–Crippen MR) is 70.5 cm³/mol. The zero-order valence-corrected chi connectivity index (χ0v) is 10.3. The number of aryl methyl sites for hydroxylation is 2. The Hall–Kier alpha value is -2.36. The minimum atomic E-state index is 0.614. The first-order valence-electron chi connectivity index (χ1n) is 5.74. The van der Waals surface area contributed by atoms with Crippen LogP contribution in [0.25, 0.3) is 22.3 Å². The fourth-order valence-corrected chi connectivity index (χ4v) is 2.31. The molecule has 2 heterocycles. The van der Waals surface area contributed by atoms with E-state index in [4.69, 9.17) is 0 Å². The summed E-state index contributed by atoms with van der Waals surface area (Å²) >= 11 is 0. The van der Waals surface area contributed by atoms with Gasteiger partial charge in [0, 0.05) is 31.2 Å². The van der Waals surface area contributed by atoms with Crippen LogP contribution in [0.15, 0.2) is 36.5 Å². The summed E-state index contributed by atoms with van der Waals surface area (Å²) in [6, 6.07) is 10.2. The molecule has 2 aromatic heterocycles. The minimum absolute atomic E-state index is 0.614. The molecule has 0 aliphatic heterocycles. The van der Waals surface area contributed by atoms with Gasteiger partial charge < -0.3 is 4.57 Å². The van der Waals surface area contributed by atoms with Crippen molar-refractivity contribution in [2.24, 2.45) is 14.1 Å². The monoisotopic (exact) mass is 239 g/mol. The number of benzene rings is 1. The van der Waals surface area contributed by atoms with E-state index in [-0.39, 0.29) is 0 Å². The summed E-state index contributed by atoms with van der Waals surface area (Å²) in [5, 5.41) is 5.52. The summed E-state index contributed by atoms with van der Waals surface area (Å²) < 4.78 is 3.72. The number of nitrogens with zero attached hydrogens (tertiary/aromatic N) is 3. The molecule has 90 valence electrons. The van der Waals surface area contributed by atoms with E-state index in [2.05, 4.69) is 27.9 Å². The smallest absolute Gasteiger partial charge is 0.153 e. The Morgan fingerprint density at radius 3 is 2.72 bits per heavy atom. The highest BCUT2D eigenvalue weighted by Gasteiger charge is 2.14. The van der Waals surface area contributed by atoms with Crippen molar-refractivity contribution in [2.75, 3.05) is 0 Å². The van der Waals surface area contributed by atoms with E-state index in [0.717, 1.165) is 28.6 Å². The fourth-order valence-electron chi connectivity index (χ4n) is 2.31. The van der Waals surface area contributed by atoms with Crippen LogP contribution in [0.5, 0.6) is 0 Å². The molecule has 0 spiro atoms. The van der Waals surface area contributed by atoms with Crippen molar-refractivity contribution in [3.63, 3.8) is 0 Å². The number of fused-ring (bicyclic) bond motifs is 1. The quantitative estimate of drug-likeness (QED) is 0.644. The molecule has 3 rings (SSSR count). The molecule has 3 aromatic rings. The van der Waals surface area contributed by atoms with Crippen LogP contribution < -0.4 is 0 Å².